The number of rotatable bonds is 5. The summed E-state index contributed by atoms with van der Waals surface area (Å²) in [4.78, 5) is 0. The summed E-state index contributed by atoms with van der Waals surface area (Å²) >= 11 is 0. The molecule has 0 atom stereocenters. The number of phenols is 1. The van der Waals surface area contributed by atoms with Gasteiger partial charge in [0.05, 0.1) is 14.2 Å². The Morgan fingerprint density at radius 2 is 1.58 bits per heavy atom. The summed E-state index contributed by atoms with van der Waals surface area (Å²) in [5.41, 5.74) is 0.930. The highest BCUT2D eigenvalue weighted by atomic mass is 16.5. The Hall–Kier alpha value is -2.36. The standard InChI is InChI=1S/C15H16O4/c1-17-14-6-11(7-15(9-14)18-2)10-19-13-5-3-4-12(16)8-13/h3-9,16H,10H2,1-2H3. The molecule has 0 fully saturated rings. The number of methoxy groups -OCH3 is 2. The van der Waals surface area contributed by atoms with Gasteiger partial charge in [0.25, 0.3) is 0 Å². The molecule has 0 aliphatic heterocycles. The molecule has 2 rings (SSSR count). The van der Waals surface area contributed by atoms with Crippen molar-refractivity contribution >= 4 is 0 Å². The third kappa shape index (κ3) is 3.55. The summed E-state index contributed by atoms with van der Waals surface area (Å²) in [7, 11) is 3.21. The van der Waals surface area contributed by atoms with Gasteiger partial charge in [-0.3, -0.25) is 0 Å². The maximum atomic E-state index is 9.35. The lowest BCUT2D eigenvalue weighted by atomic mass is 10.2. The van der Waals surface area contributed by atoms with Gasteiger partial charge in [-0.2, -0.15) is 0 Å². The SMILES string of the molecule is COc1cc(COc2cccc(O)c2)cc(OC)c1. The van der Waals surface area contributed by atoms with Crippen molar-refractivity contribution in [1.29, 1.82) is 0 Å². The lowest BCUT2D eigenvalue weighted by molar-refractivity contribution is 0.302. The van der Waals surface area contributed by atoms with Crippen LogP contribution >= 0.6 is 0 Å². The number of hydrogen-bond donors (Lipinski definition) is 1. The molecule has 1 N–H and O–H groups in total. The second kappa shape index (κ2) is 6.00. The molecule has 2 aromatic carbocycles. The molecule has 0 bridgehead atoms. The molecule has 0 aliphatic rings. The predicted molar refractivity (Wildman–Crippen MR) is 72.0 cm³/mol. The molecule has 4 heteroatoms. The van der Waals surface area contributed by atoms with E-state index in [4.69, 9.17) is 14.2 Å². The van der Waals surface area contributed by atoms with Crippen LogP contribution in [0.2, 0.25) is 0 Å². The van der Waals surface area contributed by atoms with Crippen molar-refractivity contribution in [2.75, 3.05) is 14.2 Å². The van der Waals surface area contributed by atoms with Gasteiger partial charge >= 0.3 is 0 Å². The first kappa shape index (κ1) is 13.1. The van der Waals surface area contributed by atoms with E-state index in [1.54, 1.807) is 44.6 Å². The highest BCUT2D eigenvalue weighted by molar-refractivity contribution is 5.38. The Labute approximate surface area is 112 Å². The summed E-state index contributed by atoms with van der Waals surface area (Å²) < 4.78 is 16.0. The van der Waals surface area contributed by atoms with Gasteiger partial charge in [0.15, 0.2) is 0 Å². The molecule has 0 spiro atoms. The van der Waals surface area contributed by atoms with E-state index in [0.29, 0.717) is 23.9 Å². The van der Waals surface area contributed by atoms with Crippen LogP contribution in [0.25, 0.3) is 0 Å². The third-order valence-electron chi connectivity index (χ3n) is 2.63. The minimum Gasteiger partial charge on any atom is -0.508 e. The van der Waals surface area contributed by atoms with Crippen LogP contribution in [0.1, 0.15) is 5.56 Å². The number of aromatic hydroxyl groups is 1. The molecule has 0 saturated carbocycles. The van der Waals surface area contributed by atoms with Crippen molar-refractivity contribution in [1.82, 2.24) is 0 Å². The fourth-order valence-electron chi connectivity index (χ4n) is 1.69. The van der Waals surface area contributed by atoms with Crippen LogP contribution in [0, 0.1) is 0 Å². The van der Waals surface area contributed by atoms with Crippen molar-refractivity contribution < 1.29 is 19.3 Å². The molecule has 0 heterocycles. The molecule has 4 nitrogen and oxygen atoms in total. The largest absolute Gasteiger partial charge is 0.508 e. The molecule has 0 amide bonds. The van der Waals surface area contributed by atoms with E-state index >= 15 is 0 Å². The zero-order valence-corrected chi connectivity index (χ0v) is 10.9. The zero-order valence-electron chi connectivity index (χ0n) is 10.9. The van der Waals surface area contributed by atoms with Crippen LogP contribution in [0.4, 0.5) is 0 Å². The summed E-state index contributed by atoms with van der Waals surface area (Å²) in [6.07, 6.45) is 0. The Kier molecular flexibility index (Phi) is 4.13. The van der Waals surface area contributed by atoms with Gasteiger partial charge in [0, 0.05) is 12.1 Å². The van der Waals surface area contributed by atoms with Gasteiger partial charge in [-0.05, 0) is 29.8 Å². The average Bonchev–Trinajstić information content (AvgIpc) is 2.44. The smallest absolute Gasteiger partial charge is 0.123 e. The quantitative estimate of drug-likeness (QED) is 0.897. The molecule has 0 aromatic heterocycles. The first-order chi connectivity index (χ1) is 9.21. The minimum absolute atomic E-state index is 0.181. The third-order valence-corrected chi connectivity index (χ3v) is 2.63. The summed E-state index contributed by atoms with van der Waals surface area (Å²) in [6.45, 7) is 0.372. The predicted octanol–water partition coefficient (Wildman–Crippen LogP) is 2.99. The van der Waals surface area contributed by atoms with Crippen LogP contribution in [-0.2, 0) is 6.61 Å². The van der Waals surface area contributed by atoms with Crippen molar-refractivity contribution in [3.63, 3.8) is 0 Å². The second-order valence-corrected chi connectivity index (χ2v) is 4.01. The minimum atomic E-state index is 0.181. The Bertz CT molecular complexity index is 529. The van der Waals surface area contributed by atoms with E-state index in [2.05, 4.69) is 0 Å². The van der Waals surface area contributed by atoms with Crippen molar-refractivity contribution in [2.45, 2.75) is 6.61 Å². The van der Waals surface area contributed by atoms with E-state index < -0.39 is 0 Å². The summed E-state index contributed by atoms with van der Waals surface area (Å²) in [6, 6.07) is 12.3. The van der Waals surface area contributed by atoms with Crippen LogP contribution in [0.5, 0.6) is 23.0 Å². The van der Waals surface area contributed by atoms with Crippen molar-refractivity contribution in [3.05, 3.63) is 48.0 Å². The normalized spacial score (nSPS) is 10.0. The molecule has 0 aliphatic carbocycles. The molecule has 0 radical (unpaired) electrons. The van der Waals surface area contributed by atoms with Gasteiger partial charge < -0.3 is 19.3 Å². The van der Waals surface area contributed by atoms with E-state index in [0.717, 1.165) is 5.56 Å². The van der Waals surface area contributed by atoms with Gasteiger partial charge in [-0.25, -0.2) is 0 Å². The van der Waals surface area contributed by atoms with Gasteiger partial charge in [0.1, 0.15) is 29.6 Å². The second-order valence-electron chi connectivity index (χ2n) is 4.01. The van der Waals surface area contributed by atoms with E-state index in [1.807, 2.05) is 12.1 Å². The number of phenolic OH excluding ortho intramolecular Hbond substituents is 1. The maximum absolute atomic E-state index is 9.35. The van der Waals surface area contributed by atoms with Crippen LogP contribution in [-0.4, -0.2) is 19.3 Å². The highest BCUT2D eigenvalue weighted by Crippen LogP contribution is 2.24. The van der Waals surface area contributed by atoms with Crippen molar-refractivity contribution in [2.24, 2.45) is 0 Å². The number of hydrogen-bond acceptors (Lipinski definition) is 4. The van der Waals surface area contributed by atoms with Crippen LogP contribution in [0.15, 0.2) is 42.5 Å². The molecular formula is C15H16O4. The van der Waals surface area contributed by atoms with Crippen LogP contribution < -0.4 is 14.2 Å². The monoisotopic (exact) mass is 260 g/mol. The zero-order chi connectivity index (χ0) is 13.7. The lowest BCUT2D eigenvalue weighted by Gasteiger charge is -2.10. The number of ether oxygens (including phenoxy) is 3. The molecule has 0 saturated heterocycles. The maximum Gasteiger partial charge on any atom is 0.123 e. The molecule has 0 unspecified atom stereocenters. The highest BCUT2D eigenvalue weighted by Gasteiger charge is 2.03. The molecule has 19 heavy (non-hydrogen) atoms. The summed E-state index contributed by atoms with van der Waals surface area (Å²) in [5, 5.41) is 9.35. The van der Waals surface area contributed by atoms with Gasteiger partial charge in [0.2, 0.25) is 0 Å². The van der Waals surface area contributed by atoms with E-state index in [-0.39, 0.29) is 5.75 Å². The Morgan fingerprint density at radius 3 is 2.16 bits per heavy atom. The fraction of sp³-hybridized carbons (Fsp3) is 0.200. The summed E-state index contributed by atoms with van der Waals surface area (Å²) in [5.74, 6) is 2.23. The Morgan fingerprint density at radius 1 is 0.895 bits per heavy atom. The first-order valence-corrected chi connectivity index (χ1v) is 5.85. The first-order valence-electron chi connectivity index (χ1n) is 5.85. The van der Waals surface area contributed by atoms with Gasteiger partial charge in [-0.15, -0.1) is 0 Å². The Balaban J connectivity index is 2.10. The van der Waals surface area contributed by atoms with E-state index in [1.165, 1.54) is 0 Å². The van der Waals surface area contributed by atoms with E-state index in [9.17, 15) is 5.11 Å². The van der Waals surface area contributed by atoms with Crippen molar-refractivity contribution in [3.8, 4) is 23.0 Å². The average molecular weight is 260 g/mol. The molecular weight excluding hydrogens is 244 g/mol. The number of benzene rings is 2. The topological polar surface area (TPSA) is 47.9 Å². The fourth-order valence-corrected chi connectivity index (χ4v) is 1.69. The molecule has 100 valence electrons. The molecule has 2 aromatic rings. The van der Waals surface area contributed by atoms with Gasteiger partial charge in [-0.1, -0.05) is 6.07 Å². The lowest BCUT2D eigenvalue weighted by Crippen LogP contribution is -1.97. The van der Waals surface area contributed by atoms with Crippen LogP contribution in [0.3, 0.4) is 0 Å².